The number of benzene rings is 1. The first-order valence-corrected chi connectivity index (χ1v) is 11.7. The molecule has 2 aromatic rings. The van der Waals surface area contributed by atoms with E-state index < -0.39 is 10.0 Å². The number of ether oxygens (including phenoxy) is 1. The molecule has 1 N–H and O–H groups in total. The number of nitrogens with zero attached hydrogens (tertiary/aromatic N) is 3. The molecule has 2 aliphatic rings. The topological polar surface area (TPSA) is 84.4 Å². The van der Waals surface area contributed by atoms with E-state index in [2.05, 4.69) is 19.8 Å². The fourth-order valence-electron chi connectivity index (χ4n) is 3.87. The average Bonchev–Trinajstić information content (AvgIpc) is 3.21. The number of piperidine rings is 1. The van der Waals surface area contributed by atoms with Crippen LogP contribution in [-0.2, 0) is 14.8 Å². The SMILES string of the molecule is O=S(=O)(CC1CCCO1)Nc1ccc(-c2ccc(F)cc2N2CCCCC2)nn1. The fraction of sp³-hybridized carbons (Fsp3) is 0.500. The lowest BCUT2D eigenvalue weighted by Crippen LogP contribution is -2.30. The summed E-state index contributed by atoms with van der Waals surface area (Å²) in [5.41, 5.74) is 2.16. The molecule has 0 saturated carbocycles. The van der Waals surface area contributed by atoms with Gasteiger partial charge in [-0.3, -0.25) is 4.72 Å². The molecule has 0 radical (unpaired) electrons. The maximum Gasteiger partial charge on any atom is 0.236 e. The molecule has 3 heterocycles. The van der Waals surface area contributed by atoms with Gasteiger partial charge in [-0.2, -0.15) is 0 Å². The molecule has 0 aliphatic carbocycles. The normalized spacial score (nSPS) is 20.0. The van der Waals surface area contributed by atoms with E-state index in [0.29, 0.717) is 12.3 Å². The molecule has 2 fully saturated rings. The first-order valence-electron chi connectivity index (χ1n) is 10.0. The van der Waals surface area contributed by atoms with Gasteiger partial charge in [0.1, 0.15) is 5.82 Å². The fourth-order valence-corrected chi connectivity index (χ4v) is 5.13. The standard InChI is InChI=1S/C20H25FN4O3S/c21-15-6-7-17(19(13-15)25-10-2-1-3-11-25)18-8-9-20(23-22-18)24-29(26,27)14-16-5-4-12-28-16/h6-9,13,16H,1-5,10-12,14H2,(H,23,24). The van der Waals surface area contributed by atoms with Crippen molar-refractivity contribution in [3.63, 3.8) is 0 Å². The summed E-state index contributed by atoms with van der Waals surface area (Å²) in [6, 6.07) is 7.92. The highest BCUT2D eigenvalue weighted by Gasteiger charge is 2.24. The molecule has 1 unspecified atom stereocenters. The summed E-state index contributed by atoms with van der Waals surface area (Å²) in [7, 11) is -3.56. The molecule has 0 spiro atoms. The smallest absolute Gasteiger partial charge is 0.236 e. The molecule has 1 atom stereocenters. The van der Waals surface area contributed by atoms with E-state index in [1.54, 1.807) is 18.2 Å². The van der Waals surface area contributed by atoms with E-state index in [9.17, 15) is 12.8 Å². The molecule has 1 aromatic carbocycles. The number of sulfonamides is 1. The van der Waals surface area contributed by atoms with Crippen LogP contribution < -0.4 is 9.62 Å². The molecule has 0 amide bonds. The van der Waals surface area contributed by atoms with Gasteiger partial charge < -0.3 is 9.64 Å². The third-order valence-electron chi connectivity index (χ3n) is 5.29. The minimum atomic E-state index is -3.56. The van der Waals surface area contributed by atoms with Crippen LogP contribution in [0.15, 0.2) is 30.3 Å². The van der Waals surface area contributed by atoms with E-state index in [-0.39, 0.29) is 23.5 Å². The molecule has 2 aliphatic heterocycles. The van der Waals surface area contributed by atoms with E-state index in [1.165, 1.54) is 18.6 Å². The van der Waals surface area contributed by atoms with E-state index in [0.717, 1.165) is 50.0 Å². The predicted octanol–water partition coefficient (Wildman–Crippen LogP) is 3.19. The lowest BCUT2D eigenvalue weighted by atomic mass is 10.0. The van der Waals surface area contributed by atoms with Crippen LogP contribution in [0.5, 0.6) is 0 Å². The molecule has 0 bridgehead atoms. The van der Waals surface area contributed by atoms with Crippen molar-refractivity contribution >= 4 is 21.5 Å². The average molecular weight is 421 g/mol. The third-order valence-corrected chi connectivity index (χ3v) is 6.62. The van der Waals surface area contributed by atoms with Gasteiger partial charge in [-0.15, -0.1) is 10.2 Å². The van der Waals surface area contributed by atoms with E-state index >= 15 is 0 Å². The summed E-state index contributed by atoms with van der Waals surface area (Å²) in [4.78, 5) is 2.17. The number of hydrogen-bond acceptors (Lipinski definition) is 6. The zero-order chi connectivity index (χ0) is 20.3. The maximum atomic E-state index is 13.9. The van der Waals surface area contributed by atoms with Crippen molar-refractivity contribution in [1.29, 1.82) is 0 Å². The molecule has 4 rings (SSSR count). The second-order valence-corrected chi connectivity index (χ2v) is 9.30. The largest absolute Gasteiger partial charge is 0.377 e. The van der Waals surface area contributed by atoms with Gasteiger partial charge in [0.05, 0.1) is 17.6 Å². The Labute approximate surface area is 170 Å². The van der Waals surface area contributed by atoms with E-state index in [4.69, 9.17) is 4.74 Å². The molecule has 2 saturated heterocycles. The van der Waals surface area contributed by atoms with Gasteiger partial charge in [0.15, 0.2) is 5.82 Å². The third kappa shape index (κ3) is 5.02. The van der Waals surface area contributed by atoms with Crippen molar-refractivity contribution in [2.24, 2.45) is 0 Å². The Bertz CT molecular complexity index is 941. The summed E-state index contributed by atoms with van der Waals surface area (Å²) in [6.07, 6.45) is 4.69. The minimum absolute atomic E-state index is 0.0898. The van der Waals surface area contributed by atoms with Gasteiger partial charge in [0, 0.05) is 30.9 Å². The number of nitrogens with one attached hydrogen (secondary N) is 1. The quantitative estimate of drug-likeness (QED) is 0.773. The second-order valence-electron chi connectivity index (χ2n) is 7.53. The summed E-state index contributed by atoms with van der Waals surface area (Å²) >= 11 is 0. The first-order chi connectivity index (χ1) is 14.0. The molecule has 7 nitrogen and oxygen atoms in total. The second kappa shape index (κ2) is 8.62. The van der Waals surface area contributed by atoms with Gasteiger partial charge in [0.2, 0.25) is 10.0 Å². The maximum absolute atomic E-state index is 13.9. The Morgan fingerprint density at radius 3 is 2.62 bits per heavy atom. The van der Waals surface area contributed by atoms with Gasteiger partial charge in [-0.1, -0.05) is 0 Å². The summed E-state index contributed by atoms with van der Waals surface area (Å²) in [6.45, 7) is 2.36. The Morgan fingerprint density at radius 1 is 1.10 bits per heavy atom. The molecule has 156 valence electrons. The highest BCUT2D eigenvalue weighted by molar-refractivity contribution is 7.92. The molecular weight excluding hydrogens is 395 g/mol. The van der Waals surface area contributed by atoms with Crippen LogP contribution in [0.2, 0.25) is 0 Å². The monoisotopic (exact) mass is 420 g/mol. The minimum Gasteiger partial charge on any atom is -0.377 e. The van der Waals surface area contributed by atoms with Crippen molar-refractivity contribution in [1.82, 2.24) is 10.2 Å². The van der Waals surface area contributed by atoms with Crippen molar-refractivity contribution in [3.05, 3.63) is 36.1 Å². The lowest BCUT2D eigenvalue weighted by molar-refractivity contribution is 0.127. The van der Waals surface area contributed by atoms with Crippen LogP contribution in [0.4, 0.5) is 15.9 Å². The number of rotatable bonds is 6. The van der Waals surface area contributed by atoms with Gasteiger partial charge >= 0.3 is 0 Å². The van der Waals surface area contributed by atoms with Gasteiger partial charge in [0.25, 0.3) is 0 Å². The highest BCUT2D eigenvalue weighted by Crippen LogP contribution is 2.32. The zero-order valence-corrected chi connectivity index (χ0v) is 17.0. The van der Waals surface area contributed by atoms with Crippen molar-refractivity contribution in [3.8, 4) is 11.3 Å². The van der Waals surface area contributed by atoms with Crippen LogP contribution >= 0.6 is 0 Å². The summed E-state index contributed by atoms with van der Waals surface area (Å²) in [5, 5.41) is 8.22. The van der Waals surface area contributed by atoms with Gasteiger partial charge in [-0.25, -0.2) is 12.8 Å². The number of hydrogen-bond donors (Lipinski definition) is 1. The highest BCUT2D eigenvalue weighted by atomic mass is 32.2. The van der Waals surface area contributed by atoms with Crippen LogP contribution in [0.1, 0.15) is 32.1 Å². The van der Waals surface area contributed by atoms with Crippen LogP contribution in [0.25, 0.3) is 11.3 Å². The van der Waals surface area contributed by atoms with Crippen molar-refractivity contribution in [2.45, 2.75) is 38.2 Å². The molecular formula is C20H25FN4O3S. The van der Waals surface area contributed by atoms with Crippen LogP contribution in [0, 0.1) is 5.82 Å². The number of halogens is 1. The molecule has 9 heteroatoms. The predicted molar refractivity (Wildman–Crippen MR) is 110 cm³/mol. The molecule has 29 heavy (non-hydrogen) atoms. The number of anilines is 2. The van der Waals surface area contributed by atoms with Crippen LogP contribution in [-0.4, -0.2) is 50.2 Å². The van der Waals surface area contributed by atoms with Gasteiger partial charge in [-0.05, 0) is 62.4 Å². The first kappa shape index (κ1) is 20.0. The Balaban J connectivity index is 1.52. The van der Waals surface area contributed by atoms with Crippen molar-refractivity contribution in [2.75, 3.05) is 35.1 Å². The Morgan fingerprint density at radius 2 is 1.93 bits per heavy atom. The van der Waals surface area contributed by atoms with Crippen molar-refractivity contribution < 1.29 is 17.5 Å². The summed E-state index contributed by atoms with van der Waals surface area (Å²) < 4.78 is 46.3. The Kier molecular flexibility index (Phi) is 5.96. The molecule has 1 aromatic heterocycles. The Hall–Kier alpha value is -2.26. The van der Waals surface area contributed by atoms with E-state index in [1.807, 2.05) is 0 Å². The lowest BCUT2D eigenvalue weighted by Gasteiger charge is -2.30. The zero-order valence-electron chi connectivity index (χ0n) is 16.2. The van der Waals surface area contributed by atoms with Crippen LogP contribution in [0.3, 0.4) is 0 Å². The summed E-state index contributed by atoms with van der Waals surface area (Å²) in [5.74, 6) is -0.220. The number of aromatic nitrogens is 2.